The van der Waals surface area contributed by atoms with Crippen molar-refractivity contribution in [2.45, 2.75) is 6.10 Å². The van der Waals surface area contributed by atoms with Gasteiger partial charge in [0, 0.05) is 19.0 Å². The smallest absolute Gasteiger partial charge is 0.161 e. The van der Waals surface area contributed by atoms with E-state index in [0.29, 0.717) is 12.5 Å². The van der Waals surface area contributed by atoms with Crippen LogP contribution in [0.3, 0.4) is 0 Å². The number of ether oxygens (including phenoxy) is 2. The Morgan fingerprint density at radius 1 is 1.38 bits per heavy atom. The SMILES string of the molecule is CN(CCCl)C[C@@H]1COc2ccccc2O1. The van der Waals surface area contributed by atoms with Crippen molar-refractivity contribution >= 4 is 11.6 Å². The monoisotopic (exact) mass is 241 g/mol. The number of benzene rings is 1. The number of nitrogens with zero attached hydrogens (tertiary/aromatic N) is 1. The van der Waals surface area contributed by atoms with E-state index in [1.54, 1.807) is 0 Å². The van der Waals surface area contributed by atoms with E-state index in [2.05, 4.69) is 4.90 Å². The lowest BCUT2D eigenvalue weighted by Crippen LogP contribution is -2.40. The van der Waals surface area contributed by atoms with Gasteiger partial charge < -0.3 is 14.4 Å². The summed E-state index contributed by atoms with van der Waals surface area (Å²) in [5, 5.41) is 0. The molecule has 0 N–H and O–H groups in total. The largest absolute Gasteiger partial charge is 0.486 e. The molecule has 0 saturated heterocycles. The summed E-state index contributed by atoms with van der Waals surface area (Å²) in [4.78, 5) is 2.15. The summed E-state index contributed by atoms with van der Waals surface area (Å²) in [7, 11) is 2.03. The molecule has 16 heavy (non-hydrogen) atoms. The fraction of sp³-hybridized carbons (Fsp3) is 0.500. The van der Waals surface area contributed by atoms with E-state index in [1.807, 2.05) is 31.3 Å². The highest BCUT2D eigenvalue weighted by molar-refractivity contribution is 6.18. The van der Waals surface area contributed by atoms with Crippen LogP contribution in [0.15, 0.2) is 24.3 Å². The van der Waals surface area contributed by atoms with Gasteiger partial charge in [-0.15, -0.1) is 11.6 Å². The Morgan fingerprint density at radius 2 is 2.12 bits per heavy atom. The molecule has 3 nitrogen and oxygen atoms in total. The minimum Gasteiger partial charge on any atom is -0.486 e. The molecule has 1 aliphatic rings. The van der Waals surface area contributed by atoms with Crippen molar-refractivity contribution in [2.24, 2.45) is 0 Å². The lowest BCUT2D eigenvalue weighted by Gasteiger charge is -2.29. The van der Waals surface area contributed by atoms with Crippen molar-refractivity contribution in [1.29, 1.82) is 0 Å². The van der Waals surface area contributed by atoms with E-state index >= 15 is 0 Å². The van der Waals surface area contributed by atoms with Crippen LogP contribution in [-0.4, -0.2) is 43.6 Å². The van der Waals surface area contributed by atoms with Crippen molar-refractivity contribution in [3.63, 3.8) is 0 Å². The van der Waals surface area contributed by atoms with E-state index in [9.17, 15) is 0 Å². The van der Waals surface area contributed by atoms with Gasteiger partial charge in [-0.05, 0) is 19.2 Å². The molecule has 2 rings (SSSR count). The minimum atomic E-state index is 0.0862. The Hall–Kier alpha value is -0.930. The number of para-hydroxylation sites is 2. The van der Waals surface area contributed by atoms with Crippen LogP contribution < -0.4 is 9.47 Å². The van der Waals surface area contributed by atoms with Gasteiger partial charge in [-0.1, -0.05) is 12.1 Å². The second-order valence-electron chi connectivity index (χ2n) is 3.95. The molecule has 0 fully saturated rings. The van der Waals surface area contributed by atoms with Crippen molar-refractivity contribution in [2.75, 3.05) is 32.6 Å². The Bertz CT molecular complexity index is 346. The molecular weight excluding hydrogens is 226 g/mol. The fourth-order valence-electron chi connectivity index (χ4n) is 1.74. The van der Waals surface area contributed by atoms with Gasteiger partial charge in [-0.2, -0.15) is 0 Å². The third kappa shape index (κ3) is 2.80. The molecule has 0 aromatic heterocycles. The van der Waals surface area contributed by atoms with Crippen molar-refractivity contribution in [3.05, 3.63) is 24.3 Å². The van der Waals surface area contributed by atoms with Gasteiger partial charge in [-0.3, -0.25) is 0 Å². The number of alkyl halides is 1. The Kier molecular flexibility index (Phi) is 3.91. The highest BCUT2D eigenvalue weighted by Crippen LogP contribution is 2.30. The molecule has 1 aromatic carbocycles. The molecule has 1 aliphatic heterocycles. The molecule has 0 aliphatic carbocycles. The predicted octanol–water partition coefficient (Wildman–Crippen LogP) is 2.00. The standard InChI is InChI=1S/C12H16ClNO2/c1-14(7-6-13)8-10-9-15-11-4-2-3-5-12(11)16-10/h2-5,10H,6-9H2,1H3/t10-/m1/s1. The third-order valence-electron chi connectivity index (χ3n) is 2.55. The molecule has 88 valence electrons. The molecular formula is C12H16ClNO2. The van der Waals surface area contributed by atoms with E-state index < -0.39 is 0 Å². The van der Waals surface area contributed by atoms with E-state index in [1.165, 1.54) is 0 Å². The Balaban J connectivity index is 1.92. The molecule has 0 amide bonds. The normalized spacial score (nSPS) is 18.8. The van der Waals surface area contributed by atoms with Gasteiger partial charge in [0.05, 0.1) is 0 Å². The number of halogens is 1. The first kappa shape index (κ1) is 11.6. The number of rotatable bonds is 4. The van der Waals surface area contributed by atoms with Crippen LogP contribution in [0, 0.1) is 0 Å². The third-order valence-corrected chi connectivity index (χ3v) is 2.72. The van der Waals surface area contributed by atoms with E-state index in [-0.39, 0.29) is 6.10 Å². The number of fused-ring (bicyclic) bond motifs is 1. The number of likely N-dealkylation sites (N-methyl/N-ethyl adjacent to an activating group) is 1. The van der Waals surface area contributed by atoms with E-state index in [4.69, 9.17) is 21.1 Å². The first-order valence-corrected chi connectivity index (χ1v) is 5.96. The molecule has 0 bridgehead atoms. The first-order valence-electron chi connectivity index (χ1n) is 5.42. The van der Waals surface area contributed by atoms with Gasteiger partial charge in [0.25, 0.3) is 0 Å². The summed E-state index contributed by atoms with van der Waals surface area (Å²) in [5.74, 6) is 2.30. The molecule has 4 heteroatoms. The fourth-order valence-corrected chi connectivity index (χ4v) is 2.02. The number of hydrogen-bond donors (Lipinski definition) is 0. The maximum atomic E-state index is 5.84. The molecule has 1 aromatic rings. The van der Waals surface area contributed by atoms with Crippen LogP contribution in [-0.2, 0) is 0 Å². The molecule has 0 radical (unpaired) electrons. The average Bonchev–Trinajstić information content (AvgIpc) is 2.29. The van der Waals surface area contributed by atoms with Crippen molar-refractivity contribution in [3.8, 4) is 11.5 Å². The first-order chi connectivity index (χ1) is 7.79. The zero-order valence-corrected chi connectivity index (χ0v) is 10.1. The second-order valence-corrected chi connectivity index (χ2v) is 4.33. The lowest BCUT2D eigenvalue weighted by molar-refractivity contribution is 0.0669. The average molecular weight is 242 g/mol. The summed E-state index contributed by atoms with van der Waals surface area (Å²) in [6.45, 7) is 2.30. The molecule has 1 heterocycles. The van der Waals surface area contributed by atoms with Crippen LogP contribution in [0.5, 0.6) is 11.5 Å². The van der Waals surface area contributed by atoms with Crippen LogP contribution in [0.25, 0.3) is 0 Å². The maximum Gasteiger partial charge on any atom is 0.161 e. The quantitative estimate of drug-likeness (QED) is 0.753. The van der Waals surface area contributed by atoms with Gasteiger partial charge in [0.1, 0.15) is 12.7 Å². The Morgan fingerprint density at radius 3 is 2.88 bits per heavy atom. The van der Waals surface area contributed by atoms with Crippen molar-refractivity contribution < 1.29 is 9.47 Å². The Labute approximate surface area is 101 Å². The molecule has 0 unspecified atom stereocenters. The van der Waals surface area contributed by atoms with Gasteiger partial charge in [-0.25, -0.2) is 0 Å². The summed E-state index contributed by atoms with van der Waals surface area (Å²) in [6.07, 6.45) is 0.0862. The lowest BCUT2D eigenvalue weighted by atomic mass is 10.2. The second kappa shape index (κ2) is 5.41. The van der Waals surface area contributed by atoms with Gasteiger partial charge >= 0.3 is 0 Å². The minimum absolute atomic E-state index is 0.0862. The number of hydrogen-bond acceptors (Lipinski definition) is 3. The predicted molar refractivity (Wildman–Crippen MR) is 64.6 cm³/mol. The maximum absolute atomic E-state index is 5.84. The summed E-state index contributed by atoms with van der Waals surface area (Å²) >= 11 is 5.68. The molecule has 1 atom stereocenters. The van der Waals surface area contributed by atoms with Crippen LogP contribution in [0.4, 0.5) is 0 Å². The van der Waals surface area contributed by atoms with Crippen LogP contribution >= 0.6 is 11.6 Å². The van der Waals surface area contributed by atoms with Crippen molar-refractivity contribution in [1.82, 2.24) is 4.90 Å². The van der Waals surface area contributed by atoms with Gasteiger partial charge in [0.2, 0.25) is 0 Å². The van der Waals surface area contributed by atoms with Crippen LogP contribution in [0.2, 0.25) is 0 Å². The summed E-state index contributed by atoms with van der Waals surface area (Å²) in [6, 6.07) is 7.76. The summed E-state index contributed by atoms with van der Waals surface area (Å²) in [5.41, 5.74) is 0. The van der Waals surface area contributed by atoms with Crippen LogP contribution in [0.1, 0.15) is 0 Å². The molecule has 0 saturated carbocycles. The topological polar surface area (TPSA) is 21.7 Å². The highest BCUT2D eigenvalue weighted by atomic mass is 35.5. The highest BCUT2D eigenvalue weighted by Gasteiger charge is 2.21. The van der Waals surface area contributed by atoms with E-state index in [0.717, 1.165) is 24.6 Å². The zero-order chi connectivity index (χ0) is 11.4. The van der Waals surface area contributed by atoms with Gasteiger partial charge in [0.15, 0.2) is 11.5 Å². The summed E-state index contributed by atoms with van der Waals surface area (Å²) < 4.78 is 11.5. The molecule has 0 spiro atoms. The zero-order valence-electron chi connectivity index (χ0n) is 9.36.